The average molecular weight is 236 g/mol. The number of aryl methyl sites for hydroxylation is 2. The van der Waals surface area contributed by atoms with E-state index in [0.29, 0.717) is 0 Å². The molecule has 1 aromatic heterocycles. The Labute approximate surface area is 107 Å². The smallest absolute Gasteiger partial charge is 0.114 e. The van der Waals surface area contributed by atoms with Crippen molar-refractivity contribution in [2.24, 2.45) is 0 Å². The van der Waals surface area contributed by atoms with E-state index < -0.39 is 0 Å². The zero-order valence-corrected chi connectivity index (χ0v) is 10.7. The Morgan fingerprint density at radius 1 is 1.06 bits per heavy atom. The normalized spacial score (nSPS) is 11.0. The molecule has 0 aliphatic carbocycles. The van der Waals surface area contributed by atoms with Crippen LogP contribution in [0.25, 0.3) is 16.7 Å². The van der Waals surface area contributed by atoms with E-state index in [0.717, 1.165) is 17.8 Å². The first-order valence-electron chi connectivity index (χ1n) is 6.33. The van der Waals surface area contributed by atoms with Gasteiger partial charge < -0.3 is 0 Å². The molecular formula is C16H16N2. The topological polar surface area (TPSA) is 17.8 Å². The van der Waals surface area contributed by atoms with E-state index in [9.17, 15) is 0 Å². The van der Waals surface area contributed by atoms with Crippen molar-refractivity contribution in [1.82, 2.24) is 9.55 Å². The molecule has 0 amide bonds. The summed E-state index contributed by atoms with van der Waals surface area (Å²) in [5.74, 6) is 1.11. The van der Waals surface area contributed by atoms with Gasteiger partial charge in [0.05, 0.1) is 11.0 Å². The van der Waals surface area contributed by atoms with Crippen LogP contribution in [0.4, 0.5) is 0 Å². The van der Waals surface area contributed by atoms with Crippen LogP contribution < -0.4 is 0 Å². The van der Waals surface area contributed by atoms with Gasteiger partial charge in [-0.2, -0.15) is 0 Å². The van der Waals surface area contributed by atoms with Crippen LogP contribution in [0.3, 0.4) is 0 Å². The minimum atomic E-state index is 0.933. The van der Waals surface area contributed by atoms with Crippen molar-refractivity contribution in [2.75, 3.05) is 0 Å². The maximum Gasteiger partial charge on any atom is 0.114 e. The Morgan fingerprint density at radius 3 is 2.56 bits per heavy atom. The summed E-state index contributed by atoms with van der Waals surface area (Å²) in [6, 6.07) is 16.8. The van der Waals surface area contributed by atoms with Crippen molar-refractivity contribution in [1.29, 1.82) is 0 Å². The largest absolute Gasteiger partial charge is 0.296 e. The van der Waals surface area contributed by atoms with Crippen LogP contribution >= 0.6 is 0 Å². The van der Waals surface area contributed by atoms with Gasteiger partial charge in [0.25, 0.3) is 0 Å². The third kappa shape index (κ3) is 1.70. The molecule has 0 radical (unpaired) electrons. The van der Waals surface area contributed by atoms with Crippen LogP contribution in [0.1, 0.15) is 18.3 Å². The maximum absolute atomic E-state index is 4.71. The summed E-state index contributed by atoms with van der Waals surface area (Å²) in [7, 11) is 0. The lowest BCUT2D eigenvalue weighted by atomic mass is 10.2. The molecule has 0 fully saturated rings. The second-order valence-corrected chi connectivity index (χ2v) is 4.54. The Kier molecular flexibility index (Phi) is 2.63. The molecule has 0 atom stereocenters. The molecule has 0 aliphatic rings. The van der Waals surface area contributed by atoms with E-state index in [4.69, 9.17) is 4.98 Å². The van der Waals surface area contributed by atoms with Crippen LogP contribution in [-0.4, -0.2) is 9.55 Å². The van der Waals surface area contributed by atoms with Gasteiger partial charge in [-0.3, -0.25) is 4.57 Å². The number of nitrogens with zero attached hydrogens (tertiary/aromatic N) is 2. The van der Waals surface area contributed by atoms with Crippen molar-refractivity contribution in [3.05, 3.63) is 59.9 Å². The molecule has 2 aromatic carbocycles. The maximum atomic E-state index is 4.71. The molecule has 2 heteroatoms. The molecule has 18 heavy (non-hydrogen) atoms. The fraction of sp³-hybridized carbons (Fsp3) is 0.188. The van der Waals surface area contributed by atoms with Crippen LogP contribution in [0.2, 0.25) is 0 Å². The van der Waals surface area contributed by atoms with Crippen molar-refractivity contribution in [2.45, 2.75) is 20.3 Å². The van der Waals surface area contributed by atoms with Gasteiger partial charge in [-0.25, -0.2) is 4.98 Å². The van der Waals surface area contributed by atoms with E-state index in [2.05, 4.69) is 60.9 Å². The van der Waals surface area contributed by atoms with Crippen molar-refractivity contribution < 1.29 is 0 Å². The number of para-hydroxylation sites is 1. The highest BCUT2D eigenvalue weighted by molar-refractivity contribution is 5.79. The summed E-state index contributed by atoms with van der Waals surface area (Å²) in [6.07, 6.45) is 0.933. The van der Waals surface area contributed by atoms with Crippen LogP contribution in [-0.2, 0) is 6.42 Å². The monoisotopic (exact) mass is 236 g/mol. The average Bonchev–Trinajstić information content (AvgIpc) is 2.77. The zero-order valence-electron chi connectivity index (χ0n) is 10.7. The zero-order chi connectivity index (χ0) is 12.5. The number of imidazole rings is 1. The van der Waals surface area contributed by atoms with E-state index >= 15 is 0 Å². The Morgan fingerprint density at radius 2 is 1.83 bits per heavy atom. The summed E-state index contributed by atoms with van der Waals surface area (Å²) in [6.45, 7) is 4.26. The second kappa shape index (κ2) is 4.30. The molecule has 0 bridgehead atoms. The fourth-order valence-corrected chi connectivity index (χ4v) is 2.34. The van der Waals surface area contributed by atoms with Crippen LogP contribution in [0.15, 0.2) is 48.5 Å². The van der Waals surface area contributed by atoms with E-state index in [1.807, 2.05) is 6.07 Å². The molecule has 0 saturated heterocycles. The minimum Gasteiger partial charge on any atom is -0.296 e. The number of fused-ring (bicyclic) bond motifs is 1. The quantitative estimate of drug-likeness (QED) is 0.660. The Balaban J connectivity index is 2.35. The predicted molar refractivity (Wildman–Crippen MR) is 75.2 cm³/mol. The van der Waals surface area contributed by atoms with Crippen LogP contribution in [0.5, 0.6) is 0 Å². The molecule has 90 valence electrons. The number of hydrogen-bond donors (Lipinski definition) is 0. The van der Waals surface area contributed by atoms with Gasteiger partial charge in [-0.15, -0.1) is 0 Å². The summed E-state index contributed by atoms with van der Waals surface area (Å²) in [5.41, 5.74) is 4.71. The summed E-state index contributed by atoms with van der Waals surface area (Å²) in [4.78, 5) is 4.71. The summed E-state index contributed by atoms with van der Waals surface area (Å²) < 4.78 is 2.25. The van der Waals surface area contributed by atoms with Gasteiger partial charge in [0, 0.05) is 12.1 Å². The van der Waals surface area contributed by atoms with Crippen LogP contribution in [0, 0.1) is 6.92 Å². The lowest BCUT2D eigenvalue weighted by Gasteiger charge is -2.08. The Hall–Kier alpha value is -2.09. The third-order valence-electron chi connectivity index (χ3n) is 3.21. The molecule has 0 aliphatic heterocycles. The molecule has 3 aromatic rings. The second-order valence-electron chi connectivity index (χ2n) is 4.54. The Bertz CT molecular complexity index is 681. The minimum absolute atomic E-state index is 0.933. The lowest BCUT2D eigenvalue weighted by molar-refractivity contribution is 0.908. The molecule has 0 unspecified atom stereocenters. The van der Waals surface area contributed by atoms with Gasteiger partial charge in [-0.05, 0) is 36.8 Å². The number of aromatic nitrogens is 2. The van der Waals surface area contributed by atoms with Gasteiger partial charge >= 0.3 is 0 Å². The summed E-state index contributed by atoms with van der Waals surface area (Å²) >= 11 is 0. The number of rotatable bonds is 2. The molecular weight excluding hydrogens is 220 g/mol. The van der Waals surface area contributed by atoms with Crippen molar-refractivity contribution in [3.8, 4) is 5.69 Å². The predicted octanol–water partition coefficient (Wildman–Crippen LogP) is 3.90. The van der Waals surface area contributed by atoms with E-state index in [1.165, 1.54) is 16.8 Å². The molecule has 1 heterocycles. The van der Waals surface area contributed by atoms with Gasteiger partial charge in [0.1, 0.15) is 5.82 Å². The molecule has 0 saturated carbocycles. The third-order valence-corrected chi connectivity index (χ3v) is 3.21. The highest BCUT2D eigenvalue weighted by atomic mass is 15.1. The molecule has 3 rings (SSSR count). The van der Waals surface area contributed by atoms with E-state index in [1.54, 1.807) is 0 Å². The highest BCUT2D eigenvalue weighted by Gasteiger charge is 2.10. The first-order chi connectivity index (χ1) is 8.79. The molecule has 2 nitrogen and oxygen atoms in total. The first kappa shape index (κ1) is 11.0. The highest BCUT2D eigenvalue weighted by Crippen LogP contribution is 2.22. The van der Waals surface area contributed by atoms with Gasteiger partial charge in [0.2, 0.25) is 0 Å². The van der Waals surface area contributed by atoms with Gasteiger partial charge in [0.15, 0.2) is 0 Å². The van der Waals surface area contributed by atoms with Crippen molar-refractivity contribution >= 4 is 11.0 Å². The van der Waals surface area contributed by atoms with Crippen molar-refractivity contribution in [3.63, 3.8) is 0 Å². The van der Waals surface area contributed by atoms with E-state index in [-0.39, 0.29) is 0 Å². The first-order valence-corrected chi connectivity index (χ1v) is 6.33. The molecule has 0 N–H and O–H groups in total. The molecule has 0 spiro atoms. The number of hydrogen-bond acceptors (Lipinski definition) is 1. The summed E-state index contributed by atoms with van der Waals surface area (Å²) in [5, 5.41) is 0. The SMILES string of the molecule is CCc1nc2ccc(C)cc2n1-c1ccccc1. The lowest BCUT2D eigenvalue weighted by Crippen LogP contribution is -1.99. The van der Waals surface area contributed by atoms with Gasteiger partial charge in [-0.1, -0.05) is 31.2 Å². The fourth-order valence-electron chi connectivity index (χ4n) is 2.34. The number of benzene rings is 2. The standard InChI is InChI=1S/C16H16N2/c1-3-16-17-14-10-9-12(2)11-15(14)18(16)13-7-5-4-6-8-13/h4-11H,3H2,1-2H3.